The summed E-state index contributed by atoms with van der Waals surface area (Å²) < 4.78 is 10.7. The van der Waals surface area contributed by atoms with Crippen LogP contribution in [0, 0.1) is 0 Å². The van der Waals surface area contributed by atoms with Gasteiger partial charge in [0.25, 0.3) is 0 Å². The predicted molar refractivity (Wildman–Crippen MR) is 54.3 cm³/mol. The van der Waals surface area contributed by atoms with E-state index in [9.17, 15) is 0 Å². The van der Waals surface area contributed by atoms with Crippen LogP contribution < -0.4 is 5.32 Å². The molecule has 1 fully saturated rings. The largest absolute Gasteiger partial charge is 0.394 e. The average molecular weight is 203 g/mol. The van der Waals surface area contributed by atoms with E-state index in [1.165, 1.54) is 0 Å². The Kier molecular flexibility index (Phi) is 4.81. The van der Waals surface area contributed by atoms with Crippen LogP contribution in [0.4, 0.5) is 0 Å². The van der Waals surface area contributed by atoms with E-state index >= 15 is 0 Å². The summed E-state index contributed by atoms with van der Waals surface area (Å²) in [6, 6.07) is 0. The highest BCUT2D eigenvalue weighted by Crippen LogP contribution is 2.24. The van der Waals surface area contributed by atoms with Crippen molar-refractivity contribution in [3.8, 4) is 0 Å². The van der Waals surface area contributed by atoms with Gasteiger partial charge in [-0.15, -0.1) is 0 Å². The van der Waals surface area contributed by atoms with Crippen molar-refractivity contribution in [1.82, 2.24) is 5.32 Å². The molecule has 1 heterocycles. The third-order valence-corrected chi connectivity index (χ3v) is 2.90. The van der Waals surface area contributed by atoms with Crippen LogP contribution in [-0.4, -0.2) is 49.7 Å². The zero-order chi connectivity index (χ0) is 10.4. The Labute approximate surface area is 85.6 Å². The Bertz CT molecular complexity index is 165. The lowest BCUT2D eigenvalue weighted by atomic mass is 9.95. The molecule has 0 radical (unpaired) electrons. The van der Waals surface area contributed by atoms with Gasteiger partial charge in [-0.2, -0.15) is 0 Å². The number of rotatable bonds is 6. The van der Waals surface area contributed by atoms with Crippen molar-refractivity contribution in [2.45, 2.75) is 31.9 Å². The molecule has 1 aliphatic rings. The maximum absolute atomic E-state index is 8.50. The molecule has 2 atom stereocenters. The van der Waals surface area contributed by atoms with Crippen molar-refractivity contribution < 1.29 is 14.6 Å². The Hall–Kier alpha value is -0.160. The monoisotopic (exact) mass is 203 g/mol. The van der Waals surface area contributed by atoms with Crippen LogP contribution in [0.1, 0.15) is 20.3 Å². The summed E-state index contributed by atoms with van der Waals surface area (Å²) in [5.74, 6) is 0. The highest BCUT2D eigenvalue weighted by molar-refractivity contribution is 4.93. The van der Waals surface area contributed by atoms with E-state index in [-0.39, 0.29) is 18.2 Å². The lowest BCUT2D eigenvalue weighted by Gasteiger charge is -2.28. The van der Waals surface area contributed by atoms with E-state index < -0.39 is 0 Å². The molecule has 1 saturated heterocycles. The Morgan fingerprint density at radius 3 is 2.93 bits per heavy atom. The standard InChI is InChI=1S/C10H21NO3/c1-9-10(2,3-6-14-9)11-4-7-13-8-5-12/h9,11-12H,3-8H2,1-2H3. The number of ether oxygens (including phenoxy) is 2. The maximum atomic E-state index is 8.50. The summed E-state index contributed by atoms with van der Waals surface area (Å²) in [6.07, 6.45) is 1.31. The van der Waals surface area contributed by atoms with Crippen molar-refractivity contribution in [3.63, 3.8) is 0 Å². The molecule has 0 bridgehead atoms. The normalized spacial score (nSPS) is 32.4. The molecule has 2 N–H and O–H groups in total. The summed E-state index contributed by atoms with van der Waals surface area (Å²) in [4.78, 5) is 0. The first-order chi connectivity index (χ1) is 6.69. The minimum absolute atomic E-state index is 0.0859. The van der Waals surface area contributed by atoms with Gasteiger partial charge in [0.2, 0.25) is 0 Å². The fraction of sp³-hybridized carbons (Fsp3) is 1.00. The molecular weight excluding hydrogens is 182 g/mol. The van der Waals surface area contributed by atoms with Gasteiger partial charge in [-0.1, -0.05) is 0 Å². The van der Waals surface area contributed by atoms with Gasteiger partial charge in [0.05, 0.1) is 25.9 Å². The molecule has 0 amide bonds. The molecule has 14 heavy (non-hydrogen) atoms. The van der Waals surface area contributed by atoms with Crippen molar-refractivity contribution in [3.05, 3.63) is 0 Å². The molecular formula is C10H21NO3. The van der Waals surface area contributed by atoms with E-state index in [1.807, 2.05) is 0 Å². The Balaban J connectivity index is 2.10. The molecule has 0 aromatic carbocycles. The van der Waals surface area contributed by atoms with Crippen LogP contribution in [0.25, 0.3) is 0 Å². The SMILES string of the molecule is CC1OCCC1(C)NCCOCCO. The molecule has 1 rings (SSSR count). The molecule has 0 aliphatic carbocycles. The van der Waals surface area contributed by atoms with Gasteiger partial charge in [-0.25, -0.2) is 0 Å². The van der Waals surface area contributed by atoms with Gasteiger partial charge < -0.3 is 19.9 Å². The third-order valence-electron chi connectivity index (χ3n) is 2.90. The van der Waals surface area contributed by atoms with Crippen molar-refractivity contribution in [2.75, 3.05) is 33.0 Å². The molecule has 4 heteroatoms. The smallest absolute Gasteiger partial charge is 0.0726 e. The topological polar surface area (TPSA) is 50.7 Å². The Morgan fingerprint density at radius 2 is 2.36 bits per heavy atom. The van der Waals surface area contributed by atoms with Crippen molar-refractivity contribution >= 4 is 0 Å². The molecule has 0 spiro atoms. The van der Waals surface area contributed by atoms with E-state index in [1.54, 1.807) is 0 Å². The van der Waals surface area contributed by atoms with E-state index in [0.29, 0.717) is 13.2 Å². The fourth-order valence-electron chi connectivity index (χ4n) is 1.64. The van der Waals surface area contributed by atoms with Gasteiger partial charge in [-0.3, -0.25) is 0 Å². The lowest BCUT2D eigenvalue weighted by molar-refractivity contribution is 0.0715. The summed E-state index contributed by atoms with van der Waals surface area (Å²) in [5, 5.41) is 11.9. The van der Waals surface area contributed by atoms with Crippen LogP contribution in [0.3, 0.4) is 0 Å². The second kappa shape index (κ2) is 5.66. The first-order valence-electron chi connectivity index (χ1n) is 5.24. The second-order valence-electron chi connectivity index (χ2n) is 3.94. The van der Waals surface area contributed by atoms with Gasteiger partial charge in [0, 0.05) is 18.7 Å². The number of aliphatic hydroxyl groups is 1. The first-order valence-corrected chi connectivity index (χ1v) is 5.24. The number of hydrogen-bond acceptors (Lipinski definition) is 4. The Morgan fingerprint density at radius 1 is 1.57 bits per heavy atom. The lowest BCUT2D eigenvalue weighted by Crippen LogP contribution is -2.48. The van der Waals surface area contributed by atoms with E-state index in [2.05, 4.69) is 19.2 Å². The van der Waals surface area contributed by atoms with Gasteiger partial charge in [0.1, 0.15) is 0 Å². The summed E-state index contributed by atoms with van der Waals surface area (Å²) in [7, 11) is 0. The minimum atomic E-state index is 0.0859. The summed E-state index contributed by atoms with van der Waals surface area (Å²) in [6.45, 7) is 7.07. The molecule has 2 unspecified atom stereocenters. The van der Waals surface area contributed by atoms with Crippen LogP contribution in [0.15, 0.2) is 0 Å². The van der Waals surface area contributed by atoms with Gasteiger partial charge in [-0.05, 0) is 20.3 Å². The first kappa shape index (κ1) is 11.9. The fourth-order valence-corrected chi connectivity index (χ4v) is 1.64. The average Bonchev–Trinajstić information content (AvgIpc) is 2.47. The van der Waals surface area contributed by atoms with Crippen LogP contribution in [0.2, 0.25) is 0 Å². The molecule has 4 nitrogen and oxygen atoms in total. The van der Waals surface area contributed by atoms with E-state index in [4.69, 9.17) is 14.6 Å². The van der Waals surface area contributed by atoms with Gasteiger partial charge >= 0.3 is 0 Å². The summed E-state index contributed by atoms with van der Waals surface area (Å²) >= 11 is 0. The third kappa shape index (κ3) is 3.20. The van der Waals surface area contributed by atoms with Crippen molar-refractivity contribution in [2.24, 2.45) is 0 Å². The van der Waals surface area contributed by atoms with Gasteiger partial charge in [0.15, 0.2) is 0 Å². The quantitative estimate of drug-likeness (QED) is 0.603. The predicted octanol–water partition coefficient (Wildman–Crippen LogP) is 0.152. The summed E-state index contributed by atoms with van der Waals surface area (Å²) in [5.41, 5.74) is 0.0859. The molecule has 0 aromatic rings. The maximum Gasteiger partial charge on any atom is 0.0726 e. The van der Waals surface area contributed by atoms with Crippen LogP contribution in [0.5, 0.6) is 0 Å². The zero-order valence-electron chi connectivity index (χ0n) is 9.08. The molecule has 1 aliphatic heterocycles. The van der Waals surface area contributed by atoms with Crippen LogP contribution in [-0.2, 0) is 9.47 Å². The minimum Gasteiger partial charge on any atom is -0.394 e. The molecule has 84 valence electrons. The zero-order valence-corrected chi connectivity index (χ0v) is 9.08. The van der Waals surface area contributed by atoms with Crippen molar-refractivity contribution in [1.29, 1.82) is 0 Å². The highest BCUT2D eigenvalue weighted by atomic mass is 16.5. The van der Waals surface area contributed by atoms with E-state index in [0.717, 1.165) is 19.6 Å². The number of aliphatic hydroxyl groups excluding tert-OH is 1. The highest BCUT2D eigenvalue weighted by Gasteiger charge is 2.35. The molecule has 0 saturated carbocycles. The second-order valence-corrected chi connectivity index (χ2v) is 3.94. The van der Waals surface area contributed by atoms with Crippen LogP contribution >= 0.6 is 0 Å². The number of nitrogens with one attached hydrogen (secondary N) is 1. The molecule has 0 aromatic heterocycles. The number of hydrogen-bond donors (Lipinski definition) is 2.